The molecule has 0 aromatic carbocycles. The number of hydrogen-bond acceptors (Lipinski definition) is 3. The number of unbranched alkanes of at least 4 members (excludes halogenated alkanes) is 1. The lowest BCUT2D eigenvalue weighted by molar-refractivity contribution is 0.0513. The summed E-state index contributed by atoms with van der Waals surface area (Å²) in [5.74, 6) is 2.11. The fourth-order valence-corrected chi connectivity index (χ4v) is 2.15. The predicted molar refractivity (Wildman–Crippen MR) is 71.1 cm³/mol. The Morgan fingerprint density at radius 2 is 2.06 bits per heavy atom. The maximum atomic E-state index is 11.4. The Bertz CT molecular complexity index is 202. The molecule has 16 heavy (non-hydrogen) atoms. The maximum absolute atomic E-state index is 11.4. The van der Waals surface area contributed by atoms with Crippen molar-refractivity contribution in [2.24, 2.45) is 0 Å². The van der Waals surface area contributed by atoms with Crippen LogP contribution in [0.1, 0.15) is 47.5 Å². The number of nitrogens with one attached hydrogen (secondary N) is 1. The Morgan fingerprint density at radius 1 is 1.44 bits per heavy atom. The van der Waals surface area contributed by atoms with Crippen LogP contribution >= 0.6 is 11.8 Å². The zero-order valence-electron chi connectivity index (χ0n) is 11.1. The van der Waals surface area contributed by atoms with Gasteiger partial charge >= 0.3 is 6.09 Å². The molecule has 0 heterocycles. The minimum atomic E-state index is -0.418. The third kappa shape index (κ3) is 10.1. The molecule has 0 fully saturated rings. The zero-order chi connectivity index (χ0) is 12.6. The van der Waals surface area contributed by atoms with Gasteiger partial charge in [-0.15, -0.1) is 0 Å². The van der Waals surface area contributed by atoms with Gasteiger partial charge in [0.25, 0.3) is 0 Å². The Labute approximate surface area is 104 Å². The van der Waals surface area contributed by atoms with Crippen molar-refractivity contribution in [3.63, 3.8) is 0 Å². The van der Waals surface area contributed by atoms with Crippen molar-refractivity contribution >= 4 is 17.9 Å². The minimum Gasteiger partial charge on any atom is -0.444 e. The van der Waals surface area contributed by atoms with Crippen LogP contribution in [0, 0.1) is 0 Å². The standard InChI is InChI=1S/C12H25NO2S/c1-6-7-8-16-9-10(2)13-11(14)15-12(3,4)5/h10H,6-9H2,1-5H3,(H,13,14). The van der Waals surface area contributed by atoms with Crippen LogP contribution in [0.25, 0.3) is 0 Å². The smallest absolute Gasteiger partial charge is 0.407 e. The fourth-order valence-electron chi connectivity index (χ4n) is 1.06. The molecule has 4 heteroatoms. The third-order valence-electron chi connectivity index (χ3n) is 1.77. The van der Waals surface area contributed by atoms with Crippen molar-refractivity contribution in [3.05, 3.63) is 0 Å². The van der Waals surface area contributed by atoms with E-state index in [9.17, 15) is 4.79 Å². The number of amides is 1. The molecule has 1 unspecified atom stereocenters. The molecule has 0 saturated heterocycles. The summed E-state index contributed by atoms with van der Waals surface area (Å²) in [5, 5.41) is 2.83. The lowest BCUT2D eigenvalue weighted by atomic mass is 10.2. The van der Waals surface area contributed by atoms with Crippen LogP contribution in [0.2, 0.25) is 0 Å². The van der Waals surface area contributed by atoms with Crippen LogP contribution in [-0.2, 0) is 4.74 Å². The summed E-state index contributed by atoms with van der Waals surface area (Å²) in [6.45, 7) is 9.79. The highest BCUT2D eigenvalue weighted by molar-refractivity contribution is 7.99. The van der Waals surface area contributed by atoms with E-state index in [0.717, 1.165) is 11.5 Å². The second-order valence-corrected chi connectivity index (χ2v) is 6.13. The summed E-state index contributed by atoms with van der Waals surface area (Å²) in [6, 6.07) is 0.164. The van der Waals surface area contributed by atoms with Gasteiger partial charge < -0.3 is 10.1 Å². The van der Waals surface area contributed by atoms with Gasteiger partial charge in [-0.05, 0) is 39.9 Å². The van der Waals surface area contributed by atoms with Crippen LogP contribution < -0.4 is 5.32 Å². The first kappa shape index (κ1) is 15.6. The summed E-state index contributed by atoms with van der Waals surface area (Å²) in [5.41, 5.74) is -0.418. The molecule has 0 rings (SSSR count). The van der Waals surface area contributed by atoms with Gasteiger partial charge in [-0.1, -0.05) is 13.3 Å². The summed E-state index contributed by atoms with van der Waals surface area (Å²) in [6.07, 6.45) is 2.14. The monoisotopic (exact) mass is 247 g/mol. The summed E-state index contributed by atoms with van der Waals surface area (Å²) < 4.78 is 5.18. The molecule has 0 aromatic heterocycles. The zero-order valence-corrected chi connectivity index (χ0v) is 11.9. The van der Waals surface area contributed by atoms with E-state index in [-0.39, 0.29) is 12.1 Å². The summed E-state index contributed by atoms with van der Waals surface area (Å²) >= 11 is 1.88. The van der Waals surface area contributed by atoms with E-state index in [1.807, 2.05) is 39.5 Å². The molecule has 3 nitrogen and oxygen atoms in total. The van der Waals surface area contributed by atoms with Gasteiger partial charge in [0.15, 0.2) is 0 Å². The molecular formula is C12H25NO2S. The summed E-state index contributed by atoms with van der Waals surface area (Å²) in [4.78, 5) is 11.4. The van der Waals surface area contributed by atoms with E-state index in [1.54, 1.807) is 0 Å². The SMILES string of the molecule is CCCCSCC(C)NC(=O)OC(C)(C)C. The van der Waals surface area contributed by atoms with Gasteiger partial charge in [0.2, 0.25) is 0 Å². The van der Waals surface area contributed by atoms with E-state index in [1.165, 1.54) is 12.8 Å². The molecule has 0 aliphatic heterocycles. The average molecular weight is 247 g/mol. The molecular weight excluding hydrogens is 222 g/mol. The molecule has 1 N–H and O–H groups in total. The first-order chi connectivity index (χ1) is 7.35. The number of ether oxygens (including phenoxy) is 1. The largest absolute Gasteiger partial charge is 0.444 e. The van der Waals surface area contributed by atoms with Gasteiger partial charge in [0.1, 0.15) is 5.60 Å². The normalized spacial score (nSPS) is 13.3. The topological polar surface area (TPSA) is 38.3 Å². The van der Waals surface area contributed by atoms with E-state index in [0.29, 0.717) is 0 Å². The third-order valence-corrected chi connectivity index (χ3v) is 3.09. The number of carbonyl (C=O) groups excluding carboxylic acids is 1. The fraction of sp³-hybridized carbons (Fsp3) is 0.917. The number of thioether (sulfide) groups is 1. The highest BCUT2D eigenvalue weighted by Crippen LogP contribution is 2.09. The van der Waals surface area contributed by atoms with E-state index >= 15 is 0 Å². The number of hydrogen-bond donors (Lipinski definition) is 1. The Hall–Kier alpha value is -0.380. The average Bonchev–Trinajstić information content (AvgIpc) is 2.09. The van der Waals surface area contributed by atoms with Crippen molar-refractivity contribution in [2.45, 2.75) is 59.1 Å². The number of rotatable bonds is 6. The quantitative estimate of drug-likeness (QED) is 0.731. The van der Waals surface area contributed by atoms with E-state index in [4.69, 9.17) is 4.74 Å². The van der Waals surface area contributed by atoms with Gasteiger partial charge in [-0.2, -0.15) is 11.8 Å². The molecule has 0 saturated carbocycles. The van der Waals surface area contributed by atoms with Crippen LogP contribution in [0.5, 0.6) is 0 Å². The van der Waals surface area contributed by atoms with Crippen molar-refractivity contribution in [2.75, 3.05) is 11.5 Å². The second-order valence-electron chi connectivity index (χ2n) is 4.98. The molecule has 1 amide bonds. The Morgan fingerprint density at radius 3 is 2.56 bits per heavy atom. The Kier molecular flexibility index (Phi) is 7.64. The molecule has 0 aromatic rings. The van der Waals surface area contributed by atoms with Crippen molar-refractivity contribution < 1.29 is 9.53 Å². The molecule has 96 valence electrons. The second kappa shape index (κ2) is 7.82. The van der Waals surface area contributed by atoms with Crippen LogP contribution in [0.3, 0.4) is 0 Å². The highest BCUT2D eigenvalue weighted by atomic mass is 32.2. The lowest BCUT2D eigenvalue weighted by Crippen LogP contribution is -2.38. The van der Waals surface area contributed by atoms with E-state index < -0.39 is 5.60 Å². The van der Waals surface area contributed by atoms with Crippen molar-refractivity contribution in [1.82, 2.24) is 5.32 Å². The van der Waals surface area contributed by atoms with Crippen LogP contribution in [0.4, 0.5) is 4.79 Å². The van der Waals surface area contributed by atoms with Gasteiger partial charge in [0.05, 0.1) is 0 Å². The minimum absolute atomic E-state index is 0.164. The first-order valence-electron chi connectivity index (χ1n) is 5.92. The van der Waals surface area contributed by atoms with Crippen LogP contribution in [0.15, 0.2) is 0 Å². The summed E-state index contributed by atoms with van der Waals surface area (Å²) in [7, 11) is 0. The van der Waals surface area contributed by atoms with Crippen molar-refractivity contribution in [3.8, 4) is 0 Å². The molecule has 0 bridgehead atoms. The maximum Gasteiger partial charge on any atom is 0.407 e. The van der Waals surface area contributed by atoms with Crippen LogP contribution in [-0.4, -0.2) is 29.2 Å². The molecule has 1 atom stereocenters. The van der Waals surface area contributed by atoms with E-state index in [2.05, 4.69) is 12.2 Å². The Balaban J connectivity index is 3.62. The molecule has 0 aliphatic carbocycles. The number of carbonyl (C=O) groups is 1. The number of alkyl carbamates (subject to hydrolysis) is 1. The van der Waals surface area contributed by atoms with Gasteiger partial charge in [-0.3, -0.25) is 0 Å². The molecule has 0 aliphatic rings. The highest BCUT2D eigenvalue weighted by Gasteiger charge is 2.17. The predicted octanol–water partition coefficient (Wildman–Crippen LogP) is 3.43. The first-order valence-corrected chi connectivity index (χ1v) is 7.08. The van der Waals surface area contributed by atoms with Crippen molar-refractivity contribution in [1.29, 1.82) is 0 Å². The molecule has 0 radical (unpaired) electrons. The van der Waals surface area contributed by atoms with Gasteiger partial charge in [0, 0.05) is 11.8 Å². The van der Waals surface area contributed by atoms with Gasteiger partial charge in [-0.25, -0.2) is 4.79 Å². The lowest BCUT2D eigenvalue weighted by Gasteiger charge is -2.21. The molecule has 0 spiro atoms.